The number of carbonyl (C=O) groups excluding carboxylic acids is 2. The molecule has 8 rings (SSSR count). The molecule has 1 saturated heterocycles. The van der Waals surface area contributed by atoms with Crippen LogP contribution < -0.4 is 0 Å². The molecule has 0 radical (unpaired) electrons. The van der Waals surface area contributed by atoms with Crippen LogP contribution >= 0.6 is 0 Å². The van der Waals surface area contributed by atoms with Gasteiger partial charge in [0.1, 0.15) is 11.9 Å². The number of benzene rings is 1. The van der Waals surface area contributed by atoms with Crippen LogP contribution in [0, 0.1) is 62.6 Å². The van der Waals surface area contributed by atoms with Gasteiger partial charge in [-0.25, -0.2) is 4.98 Å². The van der Waals surface area contributed by atoms with E-state index in [1.807, 2.05) is 12.3 Å². The molecule has 0 bridgehead atoms. The van der Waals surface area contributed by atoms with Crippen LogP contribution in [0.5, 0.6) is 0 Å². The maximum Gasteiger partial charge on any atom is 0.302 e. The molecule has 6 nitrogen and oxygen atoms in total. The largest absolute Gasteiger partial charge is 0.462 e. The van der Waals surface area contributed by atoms with Gasteiger partial charge in [-0.3, -0.25) is 9.59 Å². The summed E-state index contributed by atoms with van der Waals surface area (Å²) < 4.78 is 6.00. The van der Waals surface area contributed by atoms with E-state index >= 15 is 4.79 Å². The number of esters is 1. The number of nitrogens with one attached hydrogen (secondary N) is 1. The van der Waals surface area contributed by atoms with Crippen LogP contribution in [0.4, 0.5) is 0 Å². The Balaban J connectivity index is 1.10. The summed E-state index contributed by atoms with van der Waals surface area (Å²) in [6.07, 6.45) is 15.5. The van der Waals surface area contributed by atoms with Gasteiger partial charge < -0.3 is 14.6 Å². The molecule has 1 N–H and O–H groups in total. The van der Waals surface area contributed by atoms with Crippen LogP contribution in [0.15, 0.2) is 36.5 Å². The summed E-state index contributed by atoms with van der Waals surface area (Å²) in [6, 6.07) is 10.5. The molecule has 1 aromatic carbocycles. The fourth-order valence-electron chi connectivity index (χ4n) is 15.0. The van der Waals surface area contributed by atoms with E-state index in [-0.39, 0.29) is 45.2 Å². The molecular formula is C45H65N3O3. The minimum Gasteiger partial charge on any atom is -0.462 e. The summed E-state index contributed by atoms with van der Waals surface area (Å²) in [6.45, 7) is 20.1. The van der Waals surface area contributed by atoms with Crippen molar-refractivity contribution in [2.24, 2.45) is 62.6 Å². The number of aromatic amines is 1. The molecule has 5 saturated carbocycles. The number of fused-ring (bicyclic) bond motifs is 7. The monoisotopic (exact) mass is 696 g/mol. The fourth-order valence-corrected chi connectivity index (χ4v) is 15.0. The quantitative estimate of drug-likeness (QED) is 0.316. The normalized spacial score (nSPS) is 42.8. The average molecular weight is 696 g/mol. The van der Waals surface area contributed by atoms with Crippen LogP contribution in [0.25, 0.3) is 11.3 Å². The highest BCUT2D eigenvalue weighted by Gasteiger charge is 2.72. The molecule has 6 fully saturated rings. The van der Waals surface area contributed by atoms with Crippen molar-refractivity contribution in [2.45, 2.75) is 145 Å². The third kappa shape index (κ3) is 5.02. The average Bonchev–Trinajstić information content (AvgIpc) is 3.85. The van der Waals surface area contributed by atoms with E-state index in [4.69, 9.17) is 9.72 Å². The molecule has 1 aliphatic heterocycles. The Morgan fingerprint density at radius 3 is 2.35 bits per heavy atom. The van der Waals surface area contributed by atoms with Crippen LogP contribution in [0.2, 0.25) is 0 Å². The van der Waals surface area contributed by atoms with E-state index in [9.17, 15) is 4.79 Å². The molecule has 1 aromatic heterocycles. The Kier molecular flexibility index (Phi) is 8.47. The zero-order chi connectivity index (χ0) is 36.1. The van der Waals surface area contributed by atoms with Crippen molar-refractivity contribution in [3.8, 4) is 11.3 Å². The van der Waals surface area contributed by atoms with Crippen LogP contribution in [-0.2, 0) is 14.3 Å². The summed E-state index contributed by atoms with van der Waals surface area (Å²) in [7, 11) is 0. The SMILES string of the molecule is CC(=O)O[C@H]1CC[C@]2(C)[C@H]3CC[C@@H]4[C@H]5C(C(C)C)CC[C@]5(C(=O)N5CCC[C@H]5c5ncc(-c6ccccc6)[nH]5)CC[C@@]4(C)[C@]3(C)CC[C@H]2C1(C)C. The van der Waals surface area contributed by atoms with E-state index in [0.717, 1.165) is 68.6 Å². The van der Waals surface area contributed by atoms with Crippen molar-refractivity contribution in [1.29, 1.82) is 0 Å². The highest BCUT2D eigenvalue weighted by Crippen LogP contribution is 2.78. The maximum atomic E-state index is 15.4. The number of H-pyrrole nitrogens is 1. The Bertz CT molecular complexity index is 1650. The number of carbonyl (C=O) groups is 2. The predicted octanol–water partition coefficient (Wildman–Crippen LogP) is 10.4. The van der Waals surface area contributed by atoms with Crippen molar-refractivity contribution >= 4 is 11.9 Å². The Morgan fingerprint density at radius 2 is 1.63 bits per heavy atom. The number of ether oxygens (including phenoxy) is 1. The van der Waals surface area contributed by atoms with E-state index in [2.05, 4.69) is 82.6 Å². The molecule has 5 aliphatic carbocycles. The number of nitrogens with zero attached hydrogens (tertiary/aromatic N) is 2. The summed E-state index contributed by atoms with van der Waals surface area (Å²) in [5.74, 6) is 4.67. The molecule has 1 unspecified atom stereocenters. The van der Waals surface area contributed by atoms with Crippen molar-refractivity contribution in [3.05, 3.63) is 42.4 Å². The third-order valence-corrected chi connectivity index (χ3v) is 17.5. The lowest BCUT2D eigenvalue weighted by atomic mass is 9.32. The molecule has 51 heavy (non-hydrogen) atoms. The number of likely N-dealkylation sites (tertiary alicyclic amines) is 1. The highest BCUT2D eigenvalue weighted by atomic mass is 16.5. The van der Waals surface area contributed by atoms with Gasteiger partial charge in [-0.2, -0.15) is 0 Å². The number of aromatic nitrogens is 2. The molecule has 6 aliphatic rings. The smallest absolute Gasteiger partial charge is 0.302 e. The van der Waals surface area contributed by atoms with Gasteiger partial charge in [0.2, 0.25) is 5.91 Å². The van der Waals surface area contributed by atoms with E-state index in [1.54, 1.807) is 6.92 Å². The third-order valence-electron chi connectivity index (χ3n) is 17.5. The van der Waals surface area contributed by atoms with Gasteiger partial charge in [0.25, 0.3) is 0 Å². The molecule has 2 aromatic rings. The summed E-state index contributed by atoms with van der Waals surface area (Å²) in [5.41, 5.74) is 2.58. The molecule has 11 atom stereocenters. The predicted molar refractivity (Wildman–Crippen MR) is 202 cm³/mol. The second-order valence-electron chi connectivity index (χ2n) is 20.0. The minimum absolute atomic E-state index is 0.0106. The fraction of sp³-hybridized carbons (Fsp3) is 0.756. The standard InChI is InChI=1S/C45H65N3O3/c1-28(2)31-18-23-45(40(50)48-26-12-15-34(48)39-46-27-33(47-39)30-13-10-9-11-14-30)25-24-43(7)32(38(31)45)16-17-36-42(6)21-20-37(51-29(3)49)41(4,5)35(42)19-22-44(36,43)8/h9-11,13-14,27-28,31-32,34-38H,12,15-26H2,1-8H3,(H,46,47)/t31?,32-,34+,35+,36-,37+,38-,42+,43-,44-,45+/m1/s1. The number of hydrogen-bond acceptors (Lipinski definition) is 4. The Labute approximate surface area is 307 Å². The van der Waals surface area contributed by atoms with Crippen molar-refractivity contribution in [1.82, 2.24) is 14.9 Å². The first-order valence-corrected chi connectivity index (χ1v) is 20.8. The van der Waals surface area contributed by atoms with E-state index in [0.29, 0.717) is 41.4 Å². The topological polar surface area (TPSA) is 75.3 Å². The first-order chi connectivity index (χ1) is 24.2. The van der Waals surface area contributed by atoms with Crippen LogP contribution in [0.1, 0.15) is 144 Å². The first kappa shape index (κ1) is 35.4. The number of amides is 1. The van der Waals surface area contributed by atoms with Crippen LogP contribution in [-0.4, -0.2) is 39.4 Å². The molecule has 0 spiro atoms. The maximum absolute atomic E-state index is 15.4. The van der Waals surface area contributed by atoms with Gasteiger partial charge in [-0.15, -0.1) is 0 Å². The molecule has 6 heteroatoms. The van der Waals surface area contributed by atoms with E-state index < -0.39 is 0 Å². The second kappa shape index (κ2) is 12.2. The van der Waals surface area contributed by atoms with E-state index in [1.165, 1.54) is 32.1 Å². The zero-order valence-corrected chi connectivity index (χ0v) is 32.9. The summed E-state index contributed by atoms with van der Waals surface area (Å²) in [5, 5.41) is 0. The second-order valence-corrected chi connectivity index (χ2v) is 20.0. The zero-order valence-electron chi connectivity index (χ0n) is 32.9. The number of rotatable bonds is 5. The number of hydrogen-bond donors (Lipinski definition) is 1. The van der Waals surface area contributed by atoms with Gasteiger partial charge in [-0.1, -0.05) is 78.8 Å². The lowest BCUT2D eigenvalue weighted by Gasteiger charge is -2.73. The molecular weight excluding hydrogens is 631 g/mol. The summed E-state index contributed by atoms with van der Waals surface area (Å²) in [4.78, 5) is 38.4. The lowest BCUT2D eigenvalue weighted by Crippen LogP contribution is -2.67. The Morgan fingerprint density at radius 1 is 0.863 bits per heavy atom. The van der Waals surface area contributed by atoms with Gasteiger partial charge in [0, 0.05) is 18.9 Å². The molecule has 1 amide bonds. The molecule has 2 heterocycles. The lowest BCUT2D eigenvalue weighted by molar-refractivity contribution is -0.251. The minimum atomic E-state index is -0.259. The van der Waals surface area contributed by atoms with Gasteiger partial charge in [0.15, 0.2) is 0 Å². The summed E-state index contributed by atoms with van der Waals surface area (Å²) >= 11 is 0. The first-order valence-electron chi connectivity index (χ1n) is 20.8. The van der Waals surface area contributed by atoms with Crippen molar-refractivity contribution in [2.75, 3.05) is 6.54 Å². The number of imidazole rings is 1. The van der Waals surface area contributed by atoms with Crippen molar-refractivity contribution < 1.29 is 14.3 Å². The van der Waals surface area contributed by atoms with Gasteiger partial charge in [-0.05, 0) is 134 Å². The van der Waals surface area contributed by atoms with Crippen molar-refractivity contribution in [3.63, 3.8) is 0 Å². The van der Waals surface area contributed by atoms with Gasteiger partial charge >= 0.3 is 5.97 Å². The van der Waals surface area contributed by atoms with Crippen LogP contribution in [0.3, 0.4) is 0 Å². The van der Waals surface area contributed by atoms with Gasteiger partial charge in [0.05, 0.1) is 23.3 Å². The Hall–Kier alpha value is -2.63. The highest BCUT2D eigenvalue weighted by molar-refractivity contribution is 5.84. The molecule has 278 valence electrons.